The lowest BCUT2D eigenvalue weighted by atomic mass is 10.1. The second kappa shape index (κ2) is 6.45. The molecule has 0 saturated heterocycles. The van der Waals surface area contributed by atoms with Gasteiger partial charge in [0.2, 0.25) is 0 Å². The number of ether oxygens (including phenoxy) is 1. The first kappa shape index (κ1) is 15.8. The molecular formula is C15H13BrClNO3. The molecule has 0 aromatic heterocycles. The van der Waals surface area contributed by atoms with Gasteiger partial charge < -0.3 is 4.74 Å². The summed E-state index contributed by atoms with van der Waals surface area (Å²) in [6.45, 7) is 4.21. The van der Waals surface area contributed by atoms with Gasteiger partial charge in [0.15, 0.2) is 0 Å². The quantitative estimate of drug-likeness (QED) is 0.548. The number of nitro groups is 1. The SMILES string of the molecule is Cc1cc(OCc2ccc(Cl)c([N+](=O)[O-])c2)cc(C)c1Br. The van der Waals surface area contributed by atoms with E-state index in [0.29, 0.717) is 5.56 Å². The molecule has 2 rings (SSSR count). The highest BCUT2D eigenvalue weighted by Gasteiger charge is 2.13. The molecule has 0 radical (unpaired) electrons. The smallest absolute Gasteiger partial charge is 0.288 e. The minimum atomic E-state index is -0.500. The summed E-state index contributed by atoms with van der Waals surface area (Å²) >= 11 is 9.28. The molecule has 0 unspecified atom stereocenters. The van der Waals surface area contributed by atoms with E-state index in [2.05, 4.69) is 15.9 Å². The number of hydrogen-bond acceptors (Lipinski definition) is 3. The van der Waals surface area contributed by atoms with Crippen molar-refractivity contribution in [1.82, 2.24) is 0 Å². The fraction of sp³-hybridized carbons (Fsp3) is 0.200. The van der Waals surface area contributed by atoms with Crippen molar-refractivity contribution in [2.24, 2.45) is 0 Å². The van der Waals surface area contributed by atoms with E-state index in [1.54, 1.807) is 6.07 Å². The van der Waals surface area contributed by atoms with Gasteiger partial charge in [-0.2, -0.15) is 0 Å². The van der Waals surface area contributed by atoms with E-state index in [1.807, 2.05) is 26.0 Å². The first-order valence-electron chi connectivity index (χ1n) is 6.21. The Morgan fingerprint density at radius 1 is 1.24 bits per heavy atom. The Kier molecular flexibility index (Phi) is 4.85. The molecule has 2 aromatic rings. The molecule has 0 N–H and O–H groups in total. The van der Waals surface area contributed by atoms with Gasteiger partial charge in [-0.25, -0.2) is 0 Å². The summed E-state index contributed by atoms with van der Waals surface area (Å²) in [6.07, 6.45) is 0. The molecular weight excluding hydrogens is 358 g/mol. The van der Waals surface area contributed by atoms with Crippen LogP contribution >= 0.6 is 27.5 Å². The van der Waals surface area contributed by atoms with Gasteiger partial charge in [0.05, 0.1) is 4.92 Å². The van der Waals surface area contributed by atoms with Crippen LogP contribution in [0, 0.1) is 24.0 Å². The van der Waals surface area contributed by atoms with Gasteiger partial charge in [0.25, 0.3) is 5.69 Å². The summed E-state index contributed by atoms with van der Waals surface area (Å²) in [5.74, 6) is 0.728. The number of nitro benzene ring substituents is 1. The fourth-order valence-electron chi connectivity index (χ4n) is 1.94. The molecule has 4 nitrogen and oxygen atoms in total. The van der Waals surface area contributed by atoms with Crippen LogP contribution in [0.5, 0.6) is 5.75 Å². The maximum Gasteiger partial charge on any atom is 0.288 e. The Morgan fingerprint density at radius 2 is 1.86 bits per heavy atom. The molecule has 0 saturated carbocycles. The number of rotatable bonds is 4. The zero-order chi connectivity index (χ0) is 15.6. The largest absolute Gasteiger partial charge is 0.489 e. The lowest BCUT2D eigenvalue weighted by Crippen LogP contribution is -1.98. The molecule has 110 valence electrons. The molecule has 0 spiro atoms. The average molecular weight is 371 g/mol. The Hall–Kier alpha value is -1.59. The minimum absolute atomic E-state index is 0.110. The van der Waals surface area contributed by atoms with Gasteiger partial charge >= 0.3 is 0 Å². The monoisotopic (exact) mass is 369 g/mol. The second-order valence-electron chi connectivity index (χ2n) is 4.70. The van der Waals surface area contributed by atoms with E-state index >= 15 is 0 Å². The minimum Gasteiger partial charge on any atom is -0.489 e. The highest BCUT2D eigenvalue weighted by Crippen LogP contribution is 2.28. The summed E-state index contributed by atoms with van der Waals surface area (Å²) in [5, 5.41) is 11.0. The number of hydrogen-bond donors (Lipinski definition) is 0. The molecule has 0 atom stereocenters. The summed E-state index contributed by atoms with van der Waals surface area (Å²) < 4.78 is 6.75. The normalized spacial score (nSPS) is 10.5. The Bertz CT molecular complexity index is 680. The molecule has 0 aliphatic rings. The van der Waals surface area contributed by atoms with Gasteiger partial charge in [-0.3, -0.25) is 10.1 Å². The van der Waals surface area contributed by atoms with Gasteiger partial charge in [-0.05, 0) is 48.7 Å². The van der Waals surface area contributed by atoms with E-state index in [0.717, 1.165) is 21.3 Å². The third-order valence-corrected chi connectivity index (χ3v) is 4.59. The van der Waals surface area contributed by atoms with E-state index in [-0.39, 0.29) is 17.3 Å². The third kappa shape index (κ3) is 3.74. The van der Waals surface area contributed by atoms with Gasteiger partial charge in [-0.1, -0.05) is 33.6 Å². The standard InChI is InChI=1S/C15H13BrClNO3/c1-9-5-12(6-10(2)15(9)16)21-8-11-3-4-13(17)14(7-11)18(19)20/h3-7H,8H2,1-2H3. The van der Waals surface area contributed by atoms with E-state index in [1.165, 1.54) is 12.1 Å². The number of aryl methyl sites for hydroxylation is 2. The van der Waals surface area contributed by atoms with Crippen molar-refractivity contribution in [3.05, 3.63) is 66.6 Å². The van der Waals surface area contributed by atoms with Crippen LogP contribution in [0.25, 0.3) is 0 Å². The molecule has 0 amide bonds. The van der Waals surface area contributed by atoms with Crippen LogP contribution < -0.4 is 4.74 Å². The highest BCUT2D eigenvalue weighted by molar-refractivity contribution is 9.10. The first-order valence-corrected chi connectivity index (χ1v) is 7.38. The van der Waals surface area contributed by atoms with Crippen LogP contribution in [-0.2, 0) is 6.61 Å². The Balaban J connectivity index is 2.17. The Labute approximate surface area is 136 Å². The zero-order valence-corrected chi connectivity index (χ0v) is 13.9. The van der Waals surface area contributed by atoms with Gasteiger partial charge in [-0.15, -0.1) is 0 Å². The van der Waals surface area contributed by atoms with Crippen molar-refractivity contribution >= 4 is 33.2 Å². The molecule has 0 heterocycles. The summed E-state index contributed by atoms with van der Waals surface area (Å²) in [4.78, 5) is 10.3. The van der Waals surface area contributed by atoms with Crippen molar-refractivity contribution in [3.8, 4) is 5.75 Å². The molecule has 2 aromatic carbocycles. The van der Waals surface area contributed by atoms with Crippen molar-refractivity contribution < 1.29 is 9.66 Å². The summed E-state index contributed by atoms with van der Waals surface area (Å²) in [5.41, 5.74) is 2.74. The Morgan fingerprint density at radius 3 is 2.43 bits per heavy atom. The molecule has 6 heteroatoms. The van der Waals surface area contributed by atoms with Crippen LogP contribution in [0.15, 0.2) is 34.8 Å². The highest BCUT2D eigenvalue weighted by atomic mass is 79.9. The van der Waals surface area contributed by atoms with Crippen LogP contribution in [-0.4, -0.2) is 4.92 Å². The predicted octanol–water partition coefficient (Wildman–Crippen LogP) is 5.21. The zero-order valence-electron chi connectivity index (χ0n) is 11.5. The topological polar surface area (TPSA) is 52.4 Å². The maximum absolute atomic E-state index is 10.9. The number of halogens is 2. The molecule has 0 aliphatic heterocycles. The molecule has 0 bridgehead atoms. The number of benzene rings is 2. The van der Waals surface area contributed by atoms with E-state index in [9.17, 15) is 10.1 Å². The average Bonchev–Trinajstić information content (AvgIpc) is 2.43. The van der Waals surface area contributed by atoms with Crippen LogP contribution in [0.3, 0.4) is 0 Å². The first-order chi connectivity index (χ1) is 9.88. The maximum atomic E-state index is 10.9. The van der Waals surface area contributed by atoms with Crippen LogP contribution in [0.1, 0.15) is 16.7 Å². The second-order valence-corrected chi connectivity index (χ2v) is 5.90. The lowest BCUT2D eigenvalue weighted by molar-refractivity contribution is -0.384. The molecule has 0 fully saturated rings. The van der Waals surface area contributed by atoms with Crippen molar-refractivity contribution in [3.63, 3.8) is 0 Å². The van der Waals surface area contributed by atoms with Crippen molar-refractivity contribution in [2.45, 2.75) is 20.5 Å². The van der Waals surface area contributed by atoms with Crippen molar-refractivity contribution in [2.75, 3.05) is 0 Å². The van der Waals surface area contributed by atoms with Crippen LogP contribution in [0.2, 0.25) is 5.02 Å². The number of nitrogens with zero attached hydrogens (tertiary/aromatic N) is 1. The van der Waals surface area contributed by atoms with E-state index in [4.69, 9.17) is 16.3 Å². The van der Waals surface area contributed by atoms with Crippen LogP contribution in [0.4, 0.5) is 5.69 Å². The summed E-state index contributed by atoms with van der Waals surface area (Å²) in [6, 6.07) is 8.49. The predicted molar refractivity (Wildman–Crippen MR) is 86.1 cm³/mol. The fourth-order valence-corrected chi connectivity index (χ4v) is 2.36. The van der Waals surface area contributed by atoms with Gasteiger partial charge in [0, 0.05) is 10.5 Å². The van der Waals surface area contributed by atoms with Crippen molar-refractivity contribution in [1.29, 1.82) is 0 Å². The summed E-state index contributed by atoms with van der Waals surface area (Å²) in [7, 11) is 0. The lowest BCUT2D eigenvalue weighted by Gasteiger charge is -2.10. The van der Waals surface area contributed by atoms with Gasteiger partial charge in [0.1, 0.15) is 17.4 Å². The van der Waals surface area contributed by atoms with E-state index < -0.39 is 4.92 Å². The third-order valence-electron chi connectivity index (χ3n) is 3.02. The molecule has 21 heavy (non-hydrogen) atoms. The molecule has 0 aliphatic carbocycles.